The Hall–Kier alpha value is -2.81. The highest BCUT2D eigenvalue weighted by atomic mass is 32.2. The molecular weight excluding hydrogens is 368 g/mol. The summed E-state index contributed by atoms with van der Waals surface area (Å²) in [4.78, 5) is 20.4. The maximum absolute atomic E-state index is 11.9. The van der Waals surface area contributed by atoms with Crippen LogP contribution in [0, 0.1) is 6.92 Å². The molecule has 0 spiro atoms. The van der Waals surface area contributed by atoms with Gasteiger partial charge in [0.05, 0.1) is 20.4 Å². The smallest absolute Gasteiger partial charge is 0.278 e. The molecule has 0 aliphatic rings. The SMILES string of the molecule is CCSc1nc(C)cc(OCC(=O)NN=Cc2ccc(OC)cc2OC)n1. The fourth-order valence-electron chi connectivity index (χ4n) is 2.05. The Kier molecular flexibility index (Phi) is 7.87. The van der Waals surface area contributed by atoms with E-state index in [1.165, 1.54) is 18.0 Å². The number of benzene rings is 1. The molecule has 0 aliphatic carbocycles. The number of hydrazone groups is 1. The van der Waals surface area contributed by atoms with E-state index >= 15 is 0 Å². The molecule has 1 aromatic heterocycles. The van der Waals surface area contributed by atoms with Crippen molar-refractivity contribution in [3.05, 3.63) is 35.5 Å². The Morgan fingerprint density at radius 3 is 2.78 bits per heavy atom. The average Bonchev–Trinajstić information content (AvgIpc) is 2.66. The highest BCUT2D eigenvalue weighted by Crippen LogP contribution is 2.23. The summed E-state index contributed by atoms with van der Waals surface area (Å²) in [5, 5.41) is 4.54. The van der Waals surface area contributed by atoms with Crippen molar-refractivity contribution in [2.24, 2.45) is 5.10 Å². The molecule has 1 amide bonds. The number of carbonyl (C=O) groups is 1. The van der Waals surface area contributed by atoms with Crippen LogP contribution < -0.4 is 19.6 Å². The monoisotopic (exact) mass is 390 g/mol. The van der Waals surface area contributed by atoms with Crippen molar-refractivity contribution in [1.82, 2.24) is 15.4 Å². The second-order valence-corrected chi connectivity index (χ2v) is 6.48. The summed E-state index contributed by atoms with van der Waals surface area (Å²) >= 11 is 1.51. The van der Waals surface area contributed by atoms with E-state index in [1.54, 1.807) is 38.5 Å². The molecule has 0 aliphatic heterocycles. The minimum atomic E-state index is -0.403. The summed E-state index contributed by atoms with van der Waals surface area (Å²) in [6, 6.07) is 6.96. The number of nitrogens with zero attached hydrogens (tertiary/aromatic N) is 3. The molecule has 9 heteroatoms. The van der Waals surface area contributed by atoms with E-state index in [0.717, 1.165) is 11.4 Å². The molecule has 1 N–H and O–H groups in total. The first kappa shape index (κ1) is 20.5. The van der Waals surface area contributed by atoms with E-state index in [2.05, 4.69) is 20.5 Å². The van der Waals surface area contributed by atoms with Crippen molar-refractivity contribution in [3.8, 4) is 17.4 Å². The van der Waals surface area contributed by atoms with Gasteiger partial charge in [-0.15, -0.1) is 0 Å². The van der Waals surface area contributed by atoms with Gasteiger partial charge in [0.15, 0.2) is 11.8 Å². The van der Waals surface area contributed by atoms with Crippen molar-refractivity contribution in [3.63, 3.8) is 0 Å². The Morgan fingerprint density at radius 2 is 2.07 bits per heavy atom. The van der Waals surface area contributed by atoms with Gasteiger partial charge >= 0.3 is 0 Å². The molecule has 1 aromatic carbocycles. The fourth-order valence-corrected chi connectivity index (χ4v) is 2.67. The molecule has 2 aromatic rings. The molecule has 0 radical (unpaired) electrons. The summed E-state index contributed by atoms with van der Waals surface area (Å²) in [6.07, 6.45) is 1.49. The lowest BCUT2D eigenvalue weighted by Gasteiger charge is -2.07. The van der Waals surface area contributed by atoms with E-state index in [0.29, 0.717) is 28.1 Å². The van der Waals surface area contributed by atoms with Crippen molar-refractivity contribution in [2.75, 3.05) is 26.6 Å². The van der Waals surface area contributed by atoms with Crippen molar-refractivity contribution in [1.29, 1.82) is 0 Å². The van der Waals surface area contributed by atoms with Crippen LogP contribution in [0.1, 0.15) is 18.2 Å². The Morgan fingerprint density at radius 1 is 1.26 bits per heavy atom. The number of hydrogen-bond donors (Lipinski definition) is 1. The summed E-state index contributed by atoms with van der Waals surface area (Å²) in [5.74, 6) is 2.06. The van der Waals surface area contributed by atoms with E-state index in [9.17, 15) is 4.79 Å². The number of hydrogen-bond acceptors (Lipinski definition) is 8. The van der Waals surface area contributed by atoms with Crippen molar-refractivity contribution < 1.29 is 19.0 Å². The first-order valence-electron chi connectivity index (χ1n) is 8.21. The quantitative estimate of drug-likeness (QED) is 0.304. The van der Waals surface area contributed by atoms with Crippen LogP contribution in [0.15, 0.2) is 34.5 Å². The number of ether oxygens (including phenoxy) is 3. The van der Waals surface area contributed by atoms with Crippen LogP contribution in [0.4, 0.5) is 0 Å². The molecule has 0 bridgehead atoms. The lowest BCUT2D eigenvalue weighted by molar-refractivity contribution is -0.123. The minimum absolute atomic E-state index is 0.205. The second-order valence-electron chi connectivity index (χ2n) is 5.25. The predicted octanol–water partition coefficient (Wildman–Crippen LogP) is 2.44. The van der Waals surface area contributed by atoms with Crippen molar-refractivity contribution in [2.45, 2.75) is 19.0 Å². The molecule has 0 saturated heterocycles. The first-order valence-corrected chi connectivity index (χ1v) is 9.19. The topological polar surface area (TPSA) is 94.9 Å². The zero-order chi connectivity index (χ0) is 19.6. The van der Waals surface area contributed by atoms with Crippen LogP contribution in [0.3, 0.4) is 0 Å². The normalized spacial score (nSPS) is 10.7. The van der Waals surface area contributed by atoms with Crippen LogP contribution in [0.2, 0.25) is 0 Å². The second kappa shape index (κ2) is 10.4. The van der Waals surface area contributed by atoms with E-state index in [-0.39, 0.29) is 6.61 Å². The van der Waals surface area contributed by atoms with Gasteiger partial charge in [0.2, 0.25) is 5.88 Å². The van der Waals surface area contributed by atoms with Gasteiger partial charge in [-0.2, -0.15) is 10.1 Å². The highest BCUT2D eigenvalue weighted by molar-refractivity contribution is 7.99. The van der Waals surface area contributed by atoms with E-state index < -0.39 is 5.91 Å². The number of aryl methyl sites for hydroxylation is 1. The summed E-state index contributed by atoms with van der Waals surface area (Å²) in [5.41, 5.74) is 3.89. The first-order chi connectivity index (χ1) is 13.0. The maximum Gasteiger partial charge on any atom is 0.278 e. The van der Waals surface area contributed by atoms with Gasteiger partial charge in [0, 0.05) is 23.4 Å². The largest absolute Gasteiger partial charge is 0.497 e. The summed E-state index contributed by atoms with van der Waals surface area (Å²) < 4.78 is 15.8. The van der Waals surface area contributed by atoms with Crippen LogP contribution in [0.5, 0.6) is 17.4 Å². The lowest BCUT2D eigenvalue weighted by Crippen LogP contribution is -2.25. The third kappa shape index (κ3) is 6.45. The number of aromatic nitrogens is 2. The van der Waals surface area contributed by atoms with Gasteiger partial charge in [-0.3, -0.25) is 4.79 Å². The number of methoxy groups -OCH3 is 2. The number of nitrogens with one attached hydrogen (secondary N) is 1. The van der Waals surface area contributed by atoms with Crippen molar-refractivity contribution >= 4 is 23.9 Å². The number of amides is 1. The molecule has 0 fully saturated rings. The number of thioether (sulfide) groups is 1. The van der Waals surface area contributed by atoms with Crippen LogP contribution in [-0.2, 0) is 4.79 Å². The Labute approximate surface area is 162 Å². The highest BCUT2D eigenvalue weighted by Gasteiger charge is 2.07. The van der Waals surface area contributed by atoms with E-state index in [4.69, 9.17) is 14.2 Å². The molecule has 27 heavy (non-hydrogen) atoms. The zero-order valence-electron chi connectivity index (χ0n) is 15.7. The third-order valence-electron chi connectivity index (χ3n) is 3.27. The number of carbonyl (C=O) groups excluding carboxylic acids is 1. The zero-order valence-corrected chi connectivity index (χ0v) is 16.5. The molecule has 2 rings (SSSR count). The van der Waals surface area contributed by atoms with E-state index in [1.807, 2.05) is 13.8 Å². The van der Waals surface area contributed by atoms with Crippen LogP contribution in [0.25, 0.3) is 0 Å². The fraction of sp³-hybridized carbons (Fsp3) is 0.333. The van der Waals surface area contributed by atoms with Gasteiger partial charge in [-0.05, 0) is 24.8 Å². The summed E-state index contributed by atoms with van der Waals surface area (Å²) in [6.45, 7) is 3.66. The standard InChI is InChI=1S/C18H22N4O4S/c1-5-27-18-20-12(2)8-17(21-18)26-11-16(23)22-19-10-13-6-7-14(24-3)9-15(13)25-4/h6-10H,5,11H2,1-4H3,(H,22,23). The average molecular weight is 390 g/mol. The molecular formula is C18H22N4O4S. The molecule has 0 atom stereocenters. The third-order valence-corrected chi connectivity index (χ3v) is 4.00. The molecule has 144 valence electrons. The predicted molar refractivity (Wildman–Crippen MR) is 104 cm³/mol. The molecule has 0 saturated carbocycles. The molecule has 1 heterocycles. The van der Waals surface area contributed by atoms with Crippen LogP contribution in [-0.4, -0.2) is 48.7 Å². The Balaban J connectivity index is 1.90. The maximum atomic E-state index is 11.9. The van der Waals surface area contributed by atoms with Gasteiger partial charge < -0.3 is 14.2 Å². The van der Waals surface area contributed by atoms with Gasteiger partial charge in [-0.1, -0.05) is 18.7 Å². The minimum Gasteiger partial charge on any atom is -0.497 e. The Bertz CT molecular complexity index is 814. The lowest BCUT2D eigenvalue weighted by atomic mass is 10.2. The molecule has 0 unspecified atom stereocenters. The van der Waals surface area contributed by atoms with Crippen LogP contribution >= 0.6 is 11.8 Å². The summed E-state index contributed by atoms with van der Waals surface area (Å²) in [7, 11) is 3.12. The molecule has 8 nitrogen and oxygen atoms in total. The van der Waals surface area contributed by atoms with Gasteiger partial charge in [-0.25, -0.2) is 10.4 Å². The van der Waals surface area contributed by atoms with Gasteiger partial charge in [0.25, 0.3) is 5.91 Å². The number of rotatable bonds is 9. The van der Waals surface area contributed by atoms with Gasteiger partial charge in [0.1, 0.15) is 11.5 Å².